The van der Waals surface area contributed by atoms with Crippen molar-refractivity contribution >= 4 is 51.9 Å². The Balaban J connectivity index is 1.32. The molecule has 32 heavy (non-hydrogen) atoms. The number of nitrogens with one attached hydrogen (secondary N) is 1. The molecular formula is C24H20N2O3S3. The van der Waals surface area contributed by atoms with Crippen molar-refractivity contribution in [2.24, 2.45) is 29.6 Å². The van der Waals surface area contributed by atoms with Gasteiger partial charge in [-0.3, -0.25) is 19.3 Å². The number of aromatic amines is 1. The van der Waals surface area contributed by atoms with E-state index in [1.807, 2.05) is 31.2 Å². The Labute approximate surface area is 196 Å². The van der Waals surface area contributed by atoms with Crippen molar-refractivity contribution in [3.8, 4) is 0 Å². The maximum absolute atomic E-state index is 13.6. The summed E-state index contributed by atoms with van der Waals surface area (Å²) in [7, 11) is 0. The van der Waals surface area contributed by atoms with Gasteiger partial charge in [0.2, 0.25) is 11.8 Å². The summed E-state index contributed by atoms with van der Waals surface area (Å²) in [6.45, 7) is 2.00. The minimum atomic E-state index is -0.240. The Hall–Kier alpha value is -2.16. The van der Waals surface area contributed by atoms with Gasteiger partial charge in [0.1, 0.15) is 0 Å². The quantitative estimate of drug-likeness (QED) is 0.549. The van der Waals surface area contributed by atoms with Crippen molar-refractivity contribution in [1.29, 1.82) is 0 Å². The number of carbonyl (C=O) groups excluding carboxylic acids is 2. The molecule has 2 aliphatic heterocycles. The standard InChI is InChI=1S/C24H20N2O3S3/c1-10-4-6-11(7-5-10)26-22(27)16-12-9-13(17(16)23(26)28)19-15(12)18(14-3-2-8-30-14)20-21(31-19)25-24(29)32-20/h2-8,12-13,15-19H,9H2,1H3,(H,25,29)/t12-,13+,15+,16+,17+,18+,19-/m1/s1. The number of hydrogen-bond acceptors (Lipinski definition) is 6. The molecule has 3 aromatic rings. The first kappa shape index (κ1) is 19.3. The molecule has 7 atom stereocenters. The fourth-order valence-electron chi connectivity index (χ4n) is 6.75. The molecule has 2 aliphatic carbocycles. The number of anilines is 1. The number of imide groups is 1. The molecule has 5 nitrogen and oxygen atoms in total. The first-order chi connectivity index (χ1) is 15.5. The van der Waals surface area contributed by atoms with Crippen LogP contribution in [0.1, 0.15) is 27.7 Å². The molecule has 2 aromatic heterocycles. The highest BCUT2D eigenvalue weighted by molar-refractivity contribution is 8.00. The van der Waals surface area contributed by atoms with Gasteiger partial charge in [0, 0.05) is 20.9 Å². The fourth-order valence-corrected chi connectivity index (χ4v) is 10.6. The molecule has 2 saturated carbocycles. The molecule has 4 aliphatic rings. The minimum absolute atomic E-state index is 0.0192. The van der Waals surface area contributed by atoms with E-state index in [1.165, 1.54) is 21.1 Å². The second-order valence-corrected chi connectivity index (χ2v) is 12.5. The van der Waals surface area contributed by atoms with E-state index in [2.05, 4.69) is 22.5 Å². The minimum Gasteiger partial charge on any atom is -0.307 e. The van der Waals surface area contributed by atoms with E-state index in [-0.39, 0.29) is 57.4 Å². The van der Waals surface area contributed by atoms with Gasteiger partial charge in [-0.25, -0.2) is 0 Å². The third kappa shape index (κ3) is 2.43. The number of carbonyl (C=O) groups is 2. The van der Waals surface area contributed by atoms with Crippen molar-refractivity contribution in [3.63, 3.8) is 0 Å². The summed E-state index contributed by atoms with van der Waals surface area (Å²) < 4.78 is 0. The fraction of sp³-hybridized carbons (Fsp3) is 0.375. The number of hydrogen-bond donors (Lipinski definition) is 1. The summed E-state index contributed by atoms with van der Waals surface area (Å²) in [5.41, 5.74) is 1.79. The molecule has 2 bridgehead atoms. The summed E-state index contributed by atoms with van der Waals surface area (Å²) in [5, 5.41) is 3.30. The van der Waals surface area contributed by atoms with Crippen LogP contribution < -0.4 is 9.77 Å². The molecular weight excluding hydrogens is 460 g/mol. The Kier molecular flexibility index (Phi) is 4.03. The van der Waals surface area contributed by atoms with Crippen LogP contribution in [0.3, 0.4) is 0 Å². The third-order valence-electron chi connectivity index (χ3n) is 7.87. The zero-order valence-electron chi connectivity index (χ0n) is 17.2. The third-order valence-corrected chi connectivity index (χ3v) is 11.4. The summed E-state index contributed by atoms with van der Waals surface area (Å²) >= 11 is 4.77. The summed E-state index contributed by atoms with van der Waals surface area (Å²) in [6, 6.07) is 11.9. The van der Waals surface area contributed by atoms with E-state index in [9.17, 15) is 14.4 Å². The van der Waals surface area contributed by atoms with Crippen LogP contribution in [0.25, 0.3) is 0 Å². The van der Waals surface area contributed by atoms with Crippen LogP contribution in [0.2, 0.25) is 0 Å². The topological polar surface area (TPSA) is 70.2 Å². The van der Waals surface area contributed by atoms with Crippen molar-refractivity contribution in [1.82, 2.24) is 4.98 Å². The number of thioether (sulfide) groups is 1. The second-order valence-electron chi connectivity index (χ2n) is 9.32. The van der Waals surface area contributed by atoms with Crippen LogP contribution in [0.5, 0.6) is 0 Å². The van der Waals surface area contributed by atoms with Gasteiger partial charge < -0.3 is 4.98 Å². The molecule has 0 spiro atoms. The van der Waals surface area contributed by atoms with Gasteiger partial charge in [-0.05, 0) is 54.7 Å². The molecule has 0 unspecified atom stereocenters. The molecule has 0 radical (unpaired) electrons. The van der Waals surface area contributed by atoms with E-state index in [1.54, 1.807) is 23.1 Å². The molecule has 2 amide bonds. The van der Waals surface area contributed by atoms with Gasteiger partial charge >= 0.3 is 4.87 Å². The first-order valence-electron chi connectivity index (χ1n) is 10.9. The van der Waals surface area contributed by atoms with Crippen LogP contribution in [-0.4, -0.2) is 22.0 Å². The summed E-state index contributed by atoms with van der Waals surface area (Å²) in [5.74, 6) is 0.211. The summed E-state index contributed by atoms with van der Waals surface area (Å²) in [6.07, 6.45) is 0.929. The average Bonchev–Trinajstić information content (AvgIpc) is 3.57. The highest BCUT2D eigenvalue weighted by Gasteiger charge is 2.69. The normalized spacial score (nSPS) is 34.7. The van der Waals surface area contributed by atoms with Gasteiger partial charge in [-0.1, -0.05) is 35.1 Å². The predicted octanol–water partition coefficient (Wildman–Crippen LogP) is 4.48. The largest absolute Gasteiger partial charge is 0.307 e. The number of amides is 2. The van der Waals surface area contributed by atoms with Gasteiger partial charge in [-0.15, -0.1) is 23.1 Å². The van der Waals surface area contributed by atoms with Crippen molar-refractivity contribution in [2.45, 2.75) is 29.5 Å². The average molecular weight is 481 g/mol. The lowest BCUT2D eigenvalue weighted by molar-refractivity contribution is -0.123. The zero-order chi connectivity index (χ0) is 21.7. The number of thiophene rings is 1. The lowest BCUT2D eigenvalue weighted by atomic mass is 9.69. The zero-order valence-corrected chi connectivity index (χ0v) is 19.6. The van der Waals surface area contributed by atoms with Crippen LogP contribution in [0.15, 0.2) is 51.6 Å². The number of nitrogens with zero attached hydrogens (tertiary/aromatic N) is 1. The number of fused-ring (bicyclic) bond motifs is 9. The summed E-state index contributed by atoms with van der Waals surface area (Å²) in [4.78, 5) is 46.3. The van der Waals surface area contributed by atoms with E-state index < -0.39 is 0 Å². The molecule has 3 fully saturated rings. The Morgan fingerprint density at radius 2 is 1.75 bits per heavy atom. The second kappa shape index (κ2) is 6.68. The highest BCUT2D eigenvalue weighted by Crippen LogP contribution is 2.68. The molecule has 1 saturated heterocycles. The van der Waals surface area contributed by atoms with E-state index in [0.29, 0.717) is 5.69 Å². The van der Waals surface area contributed by atoms with E-state index in [0.717, 1.165) is 21.9 Å². The number of aromatic nitrogens is 1. The maximum atomic E-state index is 13.6. The lowest BCUT2D eigenvalue weighted by Crippen LogP contribution is -2.42. The van der Waals surface area contributed by atoms with Gasteiger partial charge in [0.15, 0.2) is 0 Å². The Morgan fingerprint density at radius 1 is 1.00 bits per heavy atom. The van der Waals surface area contributed by atoms with Gasteiger partial charge in [0.25, 0.3) is 0 Å². The highest BCUT2D eigenvalue weighted by atomic mass is 32.2. The van der Waals surface area contributed by atoms with E-state index >= 15 is 0 Å². The lowest BCUT2D eigenvalue weighted by Gasteiger charge is -2.42. The van der Waals surface area contributed by atoms with Gasteiger partial charge in [-0.2, -0.15) is 0 Å². The number of aryl methyl sites for hydroxylation is 1. The monoisotopic (exact) mass is 480 g/mol. The number of rotatable bonds is 2. The molecule has 4 heterocycles. The number of thiazole rings is 1. The van der Waals surface area contributed by atoms with Gasteiger partial charge in [0.05, 0.1) is 22.5 Å². The molecule has 7 rings (SSSR count). The van der Waals surface area contributed by atoms with Crippen LogP contribution in [0, 0.1) is 36.5 Å². The smallest absolute Gasteiger partial charge is 0.305 e. The molecule has 162 valence electrons. The SMILES string of the molecule is Cc1ccc(N2C(=O)[C@H]3[C@@H]4C[C@@H]([C@@H]3C2=O)[C@H]2[C@H](c3cccs3)c3sc(=O)[nH]c3S[C@H]42)cc1. The van der Waals surface area contributed by atoms with Crippen LogP contribution in [-0.2, 0) is 9.59 Å². The van der Waals surface area contributed by atoms with Crippen molar-refractivity contribution < 1.29 is 9.59 Å². The predicted molar refractivity (Wildman–Crippen MR) is 126 cm³/mol. The van der Waals surface area contributed by atoms with Crippen molar-refractivity contribution in [2.75, 3.05) is 4.90 Å². The molecule has 1 aromatic carbocycles. The van der Waals surface area contributed by atoms with Crippen molar-refractivity contribution in [3.05, 3.63) is 66.8 Å². The Bertz CT molecular complexity index is 1310. The van der Waals surface area contributed by atoms with Crippen LogP contribution in [0.4, 0.5) is 5.69 Å². The first-order valence-corrected chi connectivity index (χ1v) is 13.5. The number of benzene rings is 1. The molecule has 8 heteroatoms. The molecule has 1 N–H and O–H groups in total. The maximum Gasteiger partial charge on any atom is 0.305 e. The van der Waals surface area contributed by atoms with E-state index in [4.69, 9.17) is 0 Å². The van der Waals surface area contributed by atoms with Crippen LogP contribution >= 0.6 is 34.4 Å². The Morgan fingerprint density at radius 3 is 2.47 bits per heavy atom. The number of H-pyrrole nitrogens is 1.